The molecule has 14 aliphatic heterocycles. The van der Waals surface area contributed by atoms with Crippen LogP contribution in [0.5, 0.6) is 0 Å². The lowest BCUT2D eigenvalue weighted by Crippen LogP contribution is -2.62. The number of nitrogens with one attached hydrogen (secondary N) is 2. The average molecular weight is 1140 g/mol. The zero-order valence-corrected chi connectivity index (χ0v) is 51.9. The van der Waals surface area contributed by atoms with Crippen LogP contribution in [0.2, 0.25) is 0 Å². The number of ether oxygens (including phenoxy) is 2. The van der Waals surface area contributed by atoms with Gasteiger partial charge in [0.05, 0.1) is 37.6 Å². The van der Waals surface area contributed by atoms with E-state index in [0.717, 1.165) is 114 Å². The Bertz CT molecular complexity index is 2720. The highest BCUT2D eigenvalue weighted by Gasteiger charge is 2.68. The Balaban J connectivity index is 0.758. The maximum atomic E-state index is 13.8. The van der Waals surface area contributed by atoms with E-state index >= 15 is 0 Å². The van der Waals surface area contributed by atoms with Crippen molar-refractivity contribution in [3.8, 4) is 0 Å². The van der Waals surface area contributed by atoms with Crippen LogP contribution in [0, 0.1) is 92.7 Å². The molecular weight excluding hydrogens is 1040 g/mol. The van der Waals surface area contributed by atoms with Crippen molar-refractivity contribution in [1.29, 1.82) is 0 Å². The summed E-state index contributed by atoms with van der Waals surface area (Å²) in [4.78, 5) is 27.7. The highest BCUT2D eigenvalue weighted by molar-refractivity contribution is 5.76. The van der Waals surface area contributed by atoms with E-state index in [-0.39, 0.29) is 69.7 Å². The third kappa shape index (κ3) is 10.6. The molecule has 20 bridgehead atoms. The van der Waals surface area contributed by atoms with Gasteiger partial charge in [-0.15, -0.1) is 0 Å². The molecule has 0 saturated heterocycles. The molecule has 8 fully saturated rings. The lowest BCUT2D eigenvalue weighted by molar-refractivity contribution is -0.216. The van der Waals surface area contributed by atoms with Crippen LogP contribution >= 0.6 is 0 Å². The first-order valence-electron chi connectivity index (χ1n) is 33.9. The standard InChI is InChI=1S/C76H102N2O6/c1-47-17-31-69(81)77-43-49-19-23-53(24-20-49)56-34-36-74(4)58(38-56)40-66(80)72-62-30-28-60(76(62,6)68(42-64(72)74)84-46-52-15-11-8-12-16-52)48(2)18-32-70(82)78-44-50-21-25-54(26-22-50)55-33-35-73(3)57(37-55)39-65(79)71-61-29-27-59(47)75(61,5)67(41-63(71)73)83-45-51-13-9-7-10-14-51/h7-16,19-26,47-48,55-68,71-72,79-80H,17-18,27-46H2,1-6H3,(H,77,81)(H,78,82)/t47?,48?,55-,56-,57?,58?,59-,60?,61+,62?,63?,64?,65?,66?,67?,68?,71+,72?,73?,74?,75?,76?/m1/s1. The fraction of sp³-hybridized carbons (Fsp3) is 0.658. The topological polar surface area (TPSA) is 117 Å². The highest BCUT2D eigenvalue weighted by Crippen LogP contribution is 2.72. The molecule has 14 heterocycles. The van der Waals surface area contributed by atoms with Crippen molar-refractivity contribution in [1.82, 2.24) is 10.6 Å². The van der Waals surface area contributed by atoms with Gasteiger partial charge in [0.15, 0.2) is 0 Å². The molecule has 452 valence electrons. The molecule has 22 atom stereocenters. The number of hydrogen-bond donors (Lipinski definition) is 4. The van der Waals surface area contributed by atoms with Gasteiger partial charge < -0.3 is 30.3 Å². The van der Waals surface area contributed by atoms with Crippen LogP contribution in [0.4, 0.5) is 0 Å². The zero-order chi connectivity index (χ0) is 58.1. The quantitative estimate of drug-likeness (QED) is 0.153. The predicted octanol–water partition coefficient (Wildman–Crippen LogP) is 15.3. The summed E-state index contributed by atoms with van der Waals surface area (Å²) in [6.07, 6.45) is 17.2. The van der Waals surface area contributed by atoms with Crippen LogP contribution in [-0.4, -0.2) is 46.4 Å². The van der Waals surface area contributed by atoms with E-state index in [1.165, 1.54) is 22.3 Å². The first-order valence-corrected chi connectivity index (χ1v) is 33.9. The molecule has 8 nitrogen and oxygen atoms in total. The van der Waals surface area contributed by atoms with E-state index in [2.05, 4.69) is 161 Å². The average Bonchev–Trinajstić information content (AvgIpc) is 1.33. The minimum absolute atomic E-state index is 0.0741. The van der Waals surface area contributed by atoms with Gasteiger partial charge in [0.1, 0.15) is 0 Å². The number of benzene rings is 4. The van der Waals surface area contributed by atoms with Crippen molar-refractivity contribution in [2.45, 2.75) is 220 Å². The van der Waals surface area contributed by atoms with Gasteiger partial charge >= 0.3 is 0 Å². The second kappa shape index (κ2) is 23.6. The number of aliphatic hydroxyl groups is 2. The minimum atomic E-state index is -0.327. The van der Waals surface area contributed by atoms with E-state index < -0.39 is 0 Å². The monoisotopic (exact) mass is 1140 g/mol. The summed E-state index contributed by atoms with van der Waals surface area (Å²) in [7, 11) is 0. The minimum Gasteiger partial charge on any atom is -0.393 e. The Hall–Kier alpha value is -4.34. The summed E-state index contributed by atoms with van der Waals surface area (Å²) in [6, 6.07) is 39.7. The molecule has 0 radical (unpaired) electrons. The molecule has 8 saturated carbocycles. The third-order valence-corrected chi connectivity index (χ3v) is 27.2. The first kappa shape index (κ1) is 58.7. The molecule has 17 unspecified atom stereocenters. The zero-order valence-electron chi connectivity index (χ0n) is 51.9. The Morgan fingerprint density at radius 1 is 0.452 bits per heavy atom. The van der Waals surface area contributed by atoms with Crippen LogP contribution in [0.25, 0.3) is 0 Å². The summed E-state index contributed by atoms with van der Waals surface area (Å²) in [5.74, 6) is 5.58. The fourth-order valence-electron chi connectivity index (χ4n) is 22.4. The van der Waals surface area contributed by atoms with Crippen LogP contribution in [-0.2, 0) is 45.4 Å². The normalized spacial score (nSPS) is 43.1. The van der Waals surface area contributed by atoms with Crippen molar-refractivity contribution < 1.29 is 29.3 Å². The maximum absolute atomic E-state index is 13.8. The summed E-state index contributed by atoms with van der Waals surface area (Å²) in [5.41, 5.74) is 7.53. The second-order valence-electron chi connectivity index (χ2n) is 30.7. The maximum Gasteiger partial charge on any atom is 0.220 e. The molecule has 22 aliphatic rings. The molecule has 0 spiro atoms. The van der Waals surface area contributed by atoms with Gasteiger partial charge in [-0.2, -0.15) is 0 Å². The van der Waals surface area contributed by atoms with E-state index in [9.17, 15) is 19.8 Å². The van der Waals surface area contributed by atoms with Crippen LogP contribution in [0.15, 0.2) is 109 Å². The van der Waals surface area contributed by atoms with Crippen LogP contribution in [0.1, 0.15) is 202 Å². The van der Waals surface area contributed by atoms with Gasteiger partial charge in [0.2, 0.25) is 11.8 Å². The number of amides is 2. The number of rotatable bonds is 6. The molecule has 8 heteroatoms. The third-order valence-electron chi connectivity index (χ3n) is 27.2. The Morgan fingerprint density at radius 3 is 1.23 bits per heavy atom. The molecule has 4 N–H and O–H groups in total. The number of hydrogen-bond acceptors (Lipinski definition) is 6. The molecule has 0 aromatic heterocycles. The number of carbonyl (C=O) groups excluding carboxylic acids is 2. The molecule has 84 heavy (non-hydrogen) atoms. The lowest BCUT2D eigenvalue weighted by atomic mass is 9.42. The summed E-state index contributed by atoms with van der Waals surface area (Å²) < 4.78 is 14.6. The van der Waals surface area contributed by atoms with Crippen molar-refractivity contribution in [2.75, 3.05) is 0 Å². The largest absolute Gasteiger partial charge is 0.393 e. The smallest absolute Gasteiger partial charge is 0.220 e. The molecule has 2 amide bonds. The lowest BCUT2D eigenvalue weighted by Gasteiger charge is -2.64. The molecule has 4 aromatic rings. The summed E-state index contributed by atoms with van der Waals surface area (Å²) in [6.45, 7) is 17.3. The highest BCUT2D eigenvalue weighted by atomic mass is 16.5. The number of aliphatic hydroxyl groups excluding tert-OH is 2. The predicted molar refractivity (Wildman–Crippen MR) is 333 cm³/mol. The summed E-state index contributed by atoms with van der Waals surface area (Å²) >= 11 is 0. The second-order valence-corrected chi connectivity index (χ2v) is 30.7. The fourth-order valence-corrected chi connectivity index (χ4v) is 22.4. The van der Waals surface area contributed by atoms with Gasteiger partial charge in [-0.1, -0.05) is 151 Å². The van der Waals surface area contributed by atoms with Gasteiger partial charge in [0, 0.05) is 36.8 Å². The van der Waals surface area contributed by atoms with Crippen molar-refractivity contribution in [3.63, 3.8) is 0 Å². The SMILES string of the molecule is CC1CCC(=O)NCc2ccc(cc2)[C@@H]2CCC3(C)C(CC(O)[C@@H]4C3CC(OCc3ccccc3)C3(C)[C@H](CC[C@@H]43)C(C)CCC(=O)NCc3ccc(cc3)[C@@H]3CCC4(C)C(CC(O)C5C4CC(OCc4ccccc4)C4(C)C1CCC54)C3)C2. The number of carbonyl (C=O) groups is 2. The Morgan fingerprint density at radius 2 is 0.833 bits per heavy atom. The van der Waals surface area contributed by atoms with Crippen LogP contribution in [0.3, 0.4) is 0 Å². The van der Waals surface area contributed by atoms with Crippen molar-refractivity contribution in [3.05, 3.63) is 143 Å². The molecule has 4 aromatic carbocycles. The van der Waals surface area contributed by atoms with Gasteiger partial charge in [-0.25, -0.2) is 0 Å². The van der Waals surface area contributed by atoms with Crippen molar-refractivity contribution >= 4 is 11.8 Å². The van der Waals surface area contributed by atoms with E-state index in [4.69, 9.17) is 9.47 Å². The molecule has 26 rings (SSSR count). The van der Waals surface area contributed by atoms with Gasteiger partial charge in [-0.3, -0.25) is 9.59 Å². The summed E-state index contributed by atoms with van der Waals surface area (Å²) in [5, 5.41) is 31.8. The van der Waals surface area contributed by atoms with Gasteiger partial charge in [-0.05, 0) is 230 Å². The Labute approximate surface area is 504 Å². The van der Waals surface area contributed by atoms with E-state index in [0.29, 0.717) is 110 Å². The first-order chi connectivity index (χ1) is 40.5. The van der Waals surface area contributed by atoms with Crippen LogP contribution < -0.4 is 10.6 Å². The Kier molecular flexibility index (Phi) is 16.5. The molecule has 8 aliphatic carbocycles. The van der Waals surface area contributed by atoms with Crippen molar-refractivity contribution in [2.24, 2.45) is 92.7 Å². The van der Waals surface area contributed by atoms with E-state index in [1.807, 2.05) is 0 Å². The van der Waals surface area contributed by atoms with Gasteiger partial charge in [0.25, 0.3) is 0 Å². The van der Waals surface area contributed by atoms with E-state index in [1.54, 1.807) is 0 Å². The molecular formula is C76H102N2O6.